The van der Waals surface area contributed by atoms with E-state index in [1.807, 2.05) is 18.2 Å². The SMILES string of the molecule is O=CCCCC=O.c1ccncc1. The first-order chi connectivity index (χ1) is 6.41. The highest BCUT2D eigenvalue weighted by molar-refractivity contribution is 5.52. The maximum absolute atomic E-state index is 9.56. The molecule has 13 heavy (non-hydrogen) atoms. The molecule has 0 saturated heterocycles. The van der Waals surface area contributed by atoms with Crippen LogP contribution in [0.15, 0.2) is 30.6 Å². The van der Waals surface area contributed by atoms with E-state index in [4.69, 9.17) is 0 Å². The van der Waals surface area contributed by atoms with Crippen molar-refractivity contribution in [3.63, 3.8) is 0 Å². The van der Waals surface area contributed by atoms with Gasteiger partial charge in [0, 0.05) is 25.2 Å². The van der Waals surface area contributed by atoms with E-state index in [0.717, 1.165) is 12.6 Å². The van der Waals surface area contributed by atoms with Gasteiger partial charge in [0.15, 0.2) is 0 Å². The van der Waals surface area contributed by atoms with Gasteiger partial charge in [-0.1, -0.05) is 6.07 Å². The van der Waals surface area contributed by atoms with E-state index in [2.05, 4.69) is 4.98 Å². The molecule has 0 amide bonds. The zero-order valence-corrected chi connectivity index (χ0v) is 7.43. The molecule has 0 atom stereocenters. The van der Waals surface area contributed by atoms with Gasteiger partial charge in [0.25, 0.3) is 0 Å². The highest BCUT2D eigenvalue weighted by atomic mass is 16.1. The predicted octanol–water partition coefficient (Wildman–Crippen LogP) is 1.64. The third kappa shape index (κ3) is 10.5. The average molecular weight is 179 g/mol. The Morgan fingerprint density at radius 1 is 0.923 bits per heavy atom. The van der Waals surface area contributed by atoms with Crippen molar-refractivity contribution < 1.29 is 9.59 Å². The van der Waals surface area contributed by atoms with Crippen LogP contribution in [0.1, 0.15) is 19.3 Å². The quantitative estimate of drug-likeness (QED) is 0.521. The van der Waals surface area contributed by atoms with Gasteiger partial charge in [0.2, 0.25) is 0 Å². The zero-order chi connectivity index (χ0) is 9.78. The fourth-order valence-electron chi connectivity index (χ4n) is 0.597. The van der Waals surface area contributed by atoms with Crippen LogP contribution in [0.4, 0.5) is 0 Å². The highest BCUT2D eigenvalue weighted by Gasteiger charge is 1.80. The molecular weight excluding hydrogens is 166 g/mol. The summed E-state index contributed by atoms with van der Waals surface area (Å²) in [6.45, 7) is 0. The normalized spacial score (nSPS) is 8.00. The molecular formula is C10H13NO2. The second kappa shape index (κ2) is 10.5. The molecule has 1 aromatic heterocycles. The molecule has 0 fully saturated rings. The van der Waals surface area contributed by atoms with Crippen molar-refractivity contribution in [2.45, 2.75) is 19.3 Å². The van der Waals surface area contributed by atoms with E-state index in [1.54, 1.807) is 12.4 Å². The van der Waals surface area contributed by atoms with Crippen LogP contribution < -0.4 is 0 Å². The number of nitrogens with zero attached hydrogens (tertiary/aromatic N) is 1. The fraction of sp³-hybridized carbons (Fsp3) is 0.300. The molecule has 0 aliphatic heterocycles. The molecule has 0 saturated carbocycles. The molecule has 0 aliphatic rings. The first-order valence-corrected chi connectivity index (χ1v) is 4.14. The molecule has 0 radical (unpaired) electrons. The number of carbonyl (C=O) groups excluding carboxylic acids is 2. The molecule has 0 N–H and O–H groups in total. The lowest BCUT2D eigenvalue weighted by atomic mass is 10.3. The minimum Gasteiger partial charge on any atom is -0.303 e. The molecule has 1 rings (SSSR count). The number of aldehydes is 2. The summed E-state index contributed by atoms with van der Waals surface area (Å²) < 4.78 is 0. The van der Waals surface area contributed by atoms with Crippen molar-refractivity contribution in [1.29, 1.82) is 0 Å². The predicted molar refractivity (Wildman–Crippen MR) is 50.2 cm³/mol. The van der Waals surface area contributed by atoms with Crippen molar-refractivity contribution in [2.24, 2.45) is 0 Å². The smallest absolute Gasteiger partial charge is 0.120 e. The van der Waals surface area contributed by atoms with Gasteiger partial charge in [0.05, 0.1) is 0 Å². The number of unbranched alkanes of at least 4 members (excludes halogenated alkanes) is 2. The molecule has 0 spiro atoms. The number of pyridine rings is 1. The van der Waals surface area contributed by atoms with Gasteiger partial charge < -0.3 is 9.59 Å². The Kier molecular flexibility index (Phi) is 9.27. The Hall–Kier alpha value is -1.51. The monoisotopic (exact) mass is 179 g/mol. The topological polar surface area (TPSA) is 47.0 Å². The highest BCUT2D eigenvalue weighted by Crippen LogP contribution is 1.85. The van der Waals surface area contributed by atoms with Gasteiger partial charge in [-0.15, -0.1) is 0 Å². The molecule has 0 aliphatic carbocycles. The third-order valence-corrected chi connectivity index (χ3v) is 1.21. The zero-order valence-electron chi connectivity index (χ0n) is 7.43. The Morgan fingerprint density at radius 2 is 1.46 bits per heavy atom. The van der Waals surface area contributed by atoms with Crippen molar-refractivity contribution in [1.82, 2.24) is 4.98 Å². The summed E-state index contributed by atoms with van der Waals surface area (Å²) in [5.74, 6) is 0. The van der Waals surface area contributed by atoms with Crippen molar-refractivity contribution in [2.75, 3.05) is 0 Å². The summed E-state index contributed by atoms with van der Waals surface area (Å²) in [5.41, 5.74) is 0. The van der Waals surface area contributed by atoms with E-state index in [1.165, 1.54) is 0 Å². The Morgan fingerprint density at radius 3 is 1.69 bits per heavy atom. The fourth-order valence-corrected chi connectivity index (χ4v) is 0.597. The van der Waals surface area contributed by atoms with Gasteiger partial charge in [0.1, 0.15) is 12.6 Å². The Balaban J connectivity index is 0.000000223. The summed E-state index contributed by atoms with van der Waals surface area (Å²) >= 11 is 0. The second-order valence-electron chi connectivity index (χ2n) is 2.29. The molecule has 0 bridgehead atoms. The van der Waals surface area contributed by atoms with Crippen molar-refractivity contribution >= 4 is 12.6 Å². The van der Waals surface area contributed by atoms with Crippen molar-refractivity contribution in [3.05, 3.63) is 30.6 Å². The molecule has 1 heterocycles. The van der Waals surface area contributed by atoms with Crippen molar-refractivity contribution in [3.8, 4) is 0 Å². The van der Waals surface area contributed by atoms with Crippen LogP contribution in [0, 0.1) is 0 Å². The van der Waals surface area contributed by atoms with Crippen LogP contribution in [0.5, 0.6) is 0 Å². The average Bonchev–Trinajstić information content (AvgIpc) is 2.22. The molecule has 1 aromatic rings. The van der Waals surface area contributed by atoms with E-state index >= 15 is 0 Å². The van der Waals surface area contributed by atoms with E-state index in [-0.39, 0.29) is 0 Å². The number of hydrogen-bond donors (Lipinski definition) is 0. The lowest BCUT2D eigenvalue weighted by Gasteiger charge is -1.78. The number of hydrogen-bond acceptors (Lipinski definition) is 3. The summed E-state index contributed by atoms with van der Waals surface area (Å²) in [7, 11) is 0. The van der Waals surface area contributed by atoms with Gasteiger partial charge in [-0.3, -0.25) is 4.98 Å². The van der Waals surface area contributed by atoms with Crippen LogP contribution in [0.3, 0.4) is 0 Å². The Labute approximate surface area is 77.8 Å². The summed E-state index contributed by atoms with van der Waals surface area (Å²) in [4.78, 5) is 22.9. The molecule has 0 aromatic carbocycles. The molecule has 70 valence electrons. The summed E-state index contributed by atoms with van der Waals surface area (Å²) in [5, 5.41) is 0. The third-order valence-electron chi connectivity index (χ3n) is 1.21. The van der Waals surface area contributed by atoms with Crippen LogP contribution in [-0.2, 0) is 9.59 Å². The molecule has 3 nitrogen and oxygen atoms in total. The van der Waals surface area contributed by atoms with E-state index in [0.29, 0.717) is 19.3 Å². The number of aromatic nitrogens is 1. The van der Waals surface area contributed by atoms with Gasteiger partial charge in [-0.05, 0) is 18.6 Å². The summed E-state index contributed by atoms with van der Waals surface area (Å²) in [6.07, 6.45) is 6.87. The van der Waals surface area contributed by atoms with Gasteiger partial charge >= 0.3 is 0 Å². The van der Waals surface area contributed by atoms with Crippen LogP contribution >= 0.6 is 0 Å². The second-order valence-corrected chi connectivity index (χ2v) is 2.29. The maximum Gasteiger partial charge on any atom is 0.120 e. The minimum absolute atomic E-state index is 0.513. The maximum atomic E-state index is 9.56. The first-order valence-electron chi connectivity index (χ1n) is 4.14. The Bertz CT molecular complexity index is 177. The van der Waals surface area contributed by atoms with Crippen LogP contribution in [0.25, 0.3) is 0 Å². The van der Waals surface area contributed by atoms with Crippen LogP contribution in [0.2, 0.25) is 0 Å². The largest absolute Gasteiger partial charge is 0.303 e. The number of carbonyl (C=O) groups is 2. The first kappa shape index (κ1) is 11.5. The van der Waals surface area contributed by atoms with E-state index < -0.39 is 0 Å². The van der Waals surface area contributed by atoms with Gasteiger partial charge in [-0.25, -0.2) is 0 Å². The van der Waals surface area contributed by atoms with E-state index in [9.17, 15) is 9.59 Å². The molecule has 3 heteroatoms. The lowest BCUT2D eigenvalue weighted by molar-refractivity contribution is -0.108. The van der Waals surface area contributed by atoms with Crippen LogP contribution in [-0.4, -0.2) is 17.6 Å². The lowest BCUT2D eigenvalue weighted by Crippen LogP contribution is -1.76. The summed E-state index contributed by atoms with van der Waals surface area (Å²) in [6, 6.07) is 5.72. The number of rotatable bonds is 4. The molecule has 0 unspecified atom stereocenters. The minimum atomic E-state index is 0.513. The standard InChI is InChI=1S/C5H5N.C5H8O2/c1-2-4-6-5-3-1;6-4-2-1-3-5-7/h1-5H;4-5H,1-3H2. The van der Waals surface area contributed by atoms with Gasteiger partial charge in [-0.2, -0.15) is 0 Å².